The molecule has 0 atom stereocenters. The molecule has 0 unspecified atom stereocenters. The molecule has 3 heteroatoms. The summed E-state index contributed by atoms with van der Waals surface area (Å²) in [4.78, 5) is 0. The van der Waals surface area contributed by atoms with Gasteiger partial charge in [0.05, 0.1) is 19.6 Å². The van der Waals surface area contributed by atoms with Crippen molar-refractivity contribution < 1.29 is 9.84 Å². The molecule has 0 bridgehead atoms. The van der Waals surface area contributed by atoms with Gasteiger partial charge in [-0.25, -0.2) is 0 Å². The molecular formula is C9H9NO2. The van der Waals surface area contributed by atoms with E-state index < -0.39 is 0 Å². The van der Waals surface area contributed by atoms with Crippen molar-refractivity contribution in [2.45, 2.75) is 6.42 Å². The zero-order valence-electron chi connectivity index (χ0n) is 6.74. The van der Waals surface area contributed by atoms with Gasteiger partial charge in [0.1, 0.15) is 0 Å². The Morgan fingerprint density at radius 2 is 2.33 bits per heavy atom. The van der Waals surface area contributed by atoms with Gasteiger partial charge in [-0.1, -0.05) is 6.07 Å². The second kappa shape index (κ2) is 3.63. The highest BCUT2D eigenvalue weighted by atomic mass is 16.5. The summed E-state index contributed by atoms with van der Waals surface area (Å²) in [5.41, 5.74) is 0.840. The van der Waals surface area contributed by atoms with Gasteiger partial charge in [0.25, 0.3) is 0 Å². The Morgan fingerprint density at radius 3 is 2.92 bits per heavy atom. The Hall–Kier alpha value is -1.69. The van der Waals surface area contributed by atoms with E-state index in [2.05, 4.69) is 0 Å². The number of phenols is 1. The summed E-state index contributed by atoms with van der Waals surface area (Å²) in [5.74, 6) is 0.502. The summed E-state index contributed by atoms with van der Waals surface area (Å²) in [6.45, 7) is 0. The minimum atomic E-state index is 0.0965. The van der Waals surface area contributed by atoms with E-state index in [9.17, 15) is 5.11 Å². The molecule has 1 aromatic carbocycles. The fourth-order valence-electron chi connectivity index (χ4n) is 0.923. The molecule has 0 radical (unpaired) electrons. The van der Waals surface area contributed by atoms with Crippen LogP contribution in [0.1, 0.15) is 5.56 Å². The maximum absolute atomic E-state index is 9.20. The van der Waals surface area contributed by atoms with Crippen LogP contribution in [0.4, 0.5) is 0 Å². The molecule has 0 fully saturated rings. The van der Waals surface area contributed by atoms with Crippen molar-refractivity contribution in [2.24, 2.45) is 0 Å². The number of nitriles is 1. The molecule has 1 N–H and O–H groups in total. The van der Waals surface area contributed by atoms with Crippen LogP contribution in [-0.4, -0.2) is 12.2 Å². The maximum Gasteiger partial charge on any atom is 0.160 e. The fraction of sp³-hybridized carbons (Fsp3) is 0.222. The van der Waals surface area contributed by atoms with E-state index in [-0.39, 0.29) is 5.75 Å². The van der Waals surface area contributed by atoms with E-state index in [1.165, 1.54) is 13.2 Å². The molecule has 0 aliphatic rings. The first kappa shape index (κ1) is 8.41. The van der Waals surface area contributed by atoms with Gasteiger partial charge in [0.2, 0.25) is 0 Å². The monoisotopic (exact) mass is 163 g/mol. The molecule has 62 valence electrons. The van der Waals surface area contributed by atoms with E-state index in [1.807, 2.05) is 6.07 Å². The molecule has 0 aromatic heterocycles. The van der Waals surface area contributed by atoms with Crippen LogP contribution in [0.5, 0.6) is 11.5 Å². The molecular weight excluding hydrogens is 154 g/mol. The fourth-order valence-corrected chi connectivity index (χ4v) is 0.923. The molecule has 1 rings (SSSR count). The van der Waals surface area contributed by atoms with Gasteiger partial charge in [0.15, 0.2) is 11.5 Å². The Kier molecular flexibility index (Phi) is 2.54. The van der Waals surface area contributed by atoms with Crippen LogP contribution in [-0.2, 0) is 6.42 Å². The third-order valence-electron chi connectivity index (χ3n) is 1.53. The topological polar surface area (TPSA) is 53.2 Å². The van der Waals surface area contributed by atoms with Crippen molar-refractivity contribution in [3.63, 3.8) is 0 Å². The van der Waals surface area contributed by atoms with Gasteiger partial charge >= 0.3 is 0 Å². The summed E-state index contributed by atoms with van der Waals surface area (Å²) >= 11 is 0. The lowest BCUT2D eigenvalue weighted by atomic mass is 10.1. The highest BCUT2D eigenvalue weighted by Crippen LogP contribution is 2.26. The molecule has 12 heavy (non-hydrogen) atoms. The number of ether oxygens (including phenoxy) is 1. The number of hydrogen-bond donors (Lipinski definition) is 1. The summed E-state index contributed by atoms with van der Waals surface area (Å²) in [6.07, 6.45) is 0.330. The number of hydrogen-bond acceptors (Lipinski definition) is 3. The largest absolute Gasteiger partial charge is 0.504 e. The number of aromatic hydroxyl groups is 1. The van der Waals surface area contributed by atoms with Gasteiger partial charge in [-0.3, -0.25) is 0 Å². The van der Waals surface area contributed by atoms with Gasteiger partial charge in [-0.2, -0.15) is 5.26 Å². The lowest BCUT2D eigenvalue weighted by Crippen LogP contribution is -1.86. The predicted molar refractivity (Wildman–Crippen MR) is 44.0 cm³/mol. The minimum absolute atomic E-state index is 0.0965. The number of phenolic OH excluding ortho intramolecular Hbond substituents is 1. The van der Waals surface area contributed by atoms with Gasteiger partial charge in [0, 0.05) is 0 Å². The van der Waals surface area contributed by atoms with Crippen LogP contribution in [0.2, 0.25) is 0 Å². The second-order valence-corrected chi connectivity index (χ2v) is 2.34. The van der Waals surface area contributed by atoms with Crippen LogP contribution in [0, 0.1) is 11.3 Å². The molecule has 0 amide bonds. The third kappa shape index (κ3) is 1.67. The number of methoxy groups -OCH3 is 1. The zero-order valence-corrected chi connectivity index (χ0v) is 6.74. The SMILES string of the molecule is COc1cc(CC#N)ccc1O. The molecule has 0 saturated carbocycles. The lowest BCUT2D eigenvalue weighted by molar-refractivity contribution is 0.373. The quantitative estimate of drug-likeness (QED) is 0.718. The van der Waals surface area contributed by atoms with Crippen LogP contribution >= 0.6 is 0 Å². The Morgan fingerprint density at radius 1 is 1.58 bits per heavy atom. The van der Waals surface area contributed by atoms with Gasteiger partial charge in [-0.15, -0.1) is 0 Å². The van der Waals surface area contributed by atoms with E-state index in [4.69, 9.17) is 10.00 Å². The van der Waals surface area contributed by atoms with Crippen molar-refractivity contribution >= 4 is 0 Å². The molecule has 0 aliphatic heterocycles. The maximum atomic E-state index is 9.20. The predicted octanol–water partition coefficient (Wildman–Crippen LogP) is 1.47. The van der Waals surface area contributed by atoms with Crippen molar-refractivity contribution in [2.75, 3.05) is 7.11 Å². The van der Waals surface area contributed by atoms with Crippen molar-refractivity contribution in [3.05, 3.63) is 23.8 Å². The van der Waals surface area contributed by atoms with Crippen LogP contribution < -0.4 is 4.74 Å². The van der Waals surface area contributed by atoms with E-state index in [0.29, 0.717) is 12.2 Å². The van der Waals surface area contributed by atoms with E-state index >= 15 is 0 Å². The summed E-state index contributed by atoms with van der Waals surface area (Å²) < 4.78 is 4.87. The van der Waals surface area contributed by atoms with E-state index in [1.54, 1.807) is 12.1 Å². The Balaban J connectivity index is 2.98. The molecule has 3 nitrogen and oxygen atoms in total. The van der Waals surface area contributed by atoms with Crippen LogP contribution in [0.25, 0.3) is 0 Å². The van der Waals surface area contributed by atoms with Crippen LogP contribution in [0.3, 0.4) is 0 Å². The van der Waals surface area contributed by atoms with Crippen molar-refractivity contribution in [1.82, 2.24) is 0 Å². The van der Waals surface area contributed by atoms with Crippen LogP contribution in [0.15, 0.2) is 18.2 Å². The van der Waals surface area contributed by atoms with Gasteiger partial charge in [-0.05, 0) is 17.7 Å². The molecule has 0 aliphatic carbocycles. The first-order chi connectivity index (χ1) is 5.77. The summed E-state index contributed by atoms with van der Waals surface area (Å²) in [5, 5.41) is 17.6. The standard InChI is InChI=1S/C9H9NO2/c1-12-9-6-7(4-5-10)2-3-8(9)11/h2-3,6,11H,4H2,1H3. The minimum Gasteiger partial charge on any atom is -0.504 e. The zero-order chi connectivity index (χ0) is 8.97. The lowest BCUT2D eigenvalue weighted by Gasteiger charge is -2.03. The highest BCUT2D eigenvalue weighted by Gasteiger charge is 2.01. The average molecular weight is 163 g/mol. The second-order valence-electron chi connectivity index (χ2n) is 2.34. The molecule has 1 aromatic rings. The number of benzene rings is 1. The smallest absolute Gasteiger partial charge is 0.160 e. The van der Waals surface area contributed by atoms with E-state index in [0.717, 1.165) is 5.56 Å². The number of nitrogens with zero attached hydrogens (tertiary/aromatic N) is 1. The molecule has 0 heterocycles. The summed E-state index contributed by atoms with van der Waals surface area (Å²) in [6, 6.07) is 6.88. The Bertz CT molecular complexity index is 315. The Labute approximate surface area is 70.8 Å². The molecule has 0 saturated heterocycles. The van der Waals surface area contributed by atoms with Gasteiger partial charge < -0.3 is 9.84 Å². The van der Waals surface area contributed by atoms with Crippen molar-refractivity contribution in [1.29, 1.82) is 5.26 Å². The first-order valence-electron chi connectivity index (χ1n) is 3.50. The third-order valence-corrected chi connectivity index (χ3v) is 1.53. The van der Waals surface area contributed by atoms with Crippen molar-refractivity contribution in [3.8, 4) is 17.6 Å². The highest BCUT2D eigenvalue weighted by molar-refractivity contribution is 5.42. The average Bonchev–Trinajstić information content (AvgIpc) is 2.09. The summed E-state index contributed by atoms with van der Waals surface area (Å²) in [7, 11) is 1.48. The number of rotatable bonds is 2. The normalized spacial score (nSPS) is 9.00. The first-order valence-corrected chi connectivity index (χ1v) is 3.50. The molecule has 0 spiro atoms.